The predicted octanol–water partition coefficient (Wildman–Crippen LogP) is 3.54. The van der Waals surface area contributed by atoms with Crippen molar-refractivity contribution in [3.63, 3.8) is 0 Å². The molecule has 1 atom stereocenters. The molecule has 0 bridgehead atoms. The highest BCUT2D eigenvalue weighted by Gasteiger charge is 2.33. The molecule has 6 nitrogen and oxygen atoms in total. The fraction of sp³-hybridized carbons (Fsp3) is 0.450. The van der Waals surface area contributed by atoms with E-state index in [1.807, 2.05) is 41.7 Å². The maximum atomic E-state index is 13.3. The van der Waals surface area contributed by atoms with Gasteiger partial charge in [-0.25, -0.2) is 0 Å². The minimum absolute atomic E-state index is 0.0272. The van der Waals surface area contributed by atoms with Gasteiger partial charge in [-0.3, -0.25) is 4.79 Å². The molecular weight excluding hydrogens is 326 g/mol. The predicted molar refractivity (Wildman–Crippen MR) is 98.7 cm³/mol. The van der Waals surface area contributed by atoms with Crippen LogP contribution in [0.2, 0.25) is 0 Å². The molecule has 3 aromatic rings. The Labute approximate surface area is 152 Å². The molecule has 134 valence electrons. The lowest BCUT2D eigenvalue weighted by Gasteiger charge is -2.35. The van der Waals surface area contributed by atoms with E-state index in [0.717, 1.165) is 60.6 Å². The van der Waals surface area contributed by atoms with Crippen LogP contribution in [0, 0.1) is 5.92 Å². The fourth-order valence-electron chi connectivity index (χ4n) is 4.04. The van der Waals surface area contributed by atoms with Crippen molar-refractivity contribution in [2.75, 3.05) is 6.54 Å². The van der Waals surface area contributed by atoms with Gasteiger partial charge in [0, 0.05) is 35.8 Å². The van der Waals surface area contributed by atoms with Gasteiger partial charge in [0.1, 0.15) is 6.33 Å². The largest absolute Gasteiger partial charge is 0.361 e. The van der Waals surface area contributed by atoms with Crippen LogP contribution in [0.1, 0.15) is 54.3 Å². The van der Waals surface area contributed by atoms with Gasteiger partial charge in [-0.1, -0.05) is 0 Å². The first kappa shape index (κ1) is 15.6. The van der Waals surface area contributed by atoms with Crippen molar-refractivity contribution in [3.8, 4) is 0 Å². The number of H-pyrrole nitrogens is 1. The molecule has 1 aliphatic carbocycles. The van der Waals surface area contributed by atoms with Crippen LogP contribution in [-0.4, -0.2) is 37.1 Å². The first-order valence-corrected chi connectivity index (χ1v) is 9.55. The van der Waals surface area contributed by atoms with E-state index in [4.69, 9.17) is 0 Å². The number of fused-ring (bicyclic) bond motifs is 1. The van der Waals surface area contributed by atoms with Crippen molar-refractivity contribution < 1.29 is 4.79 Å². The van der Waals surface area contributed by atoms with Crippen molar-refractivity contribution in [1.82, 2.24) is 24.6 Å². The molecule has 1 amide bonds. The van der Waals surface area contributed by atoms with Crippen molar-refractivity contribution in [2.45, 2.75) is 44.7 Å². The topological polar surface area (TPSA) is 66.8 Å². The van der Waals surface area contributed by atoms with Gasteiger partial charge in [-0.2, -0.15) is 0 Å². The number of aromatic nitrogens is 4. The lowest BCUT2D eigenvalue weighted by molar-refractivity contribution is 0.0594. The zero-order valence-corrected chi connectivity index (χ0v) is 14.8. The van der Waals surface area contributed by atoms with Crippen LogP contribution in [0.25, 0.3) is 10.9 Å². The maximum Gasteiger partial charge on any atom is 0.254 e. The van der Waals surface area contributed by atoms with Gasteiger partial charge in [0.25, 0.3) is 5.91 Å². The number of hydrogen-bond acceptors (Lipinski definition) is 3. The molecule has 0 spiro atoms. The summed E-state index contributed by atoms with van der Waals surface area (Å²) >= 11 is 0. The Morgan fingerprint density at radius 2 is 2.12 bits per heavy atom. The summed E-state index contributed by atoms with van der Waals surface area (Å²) in [5, 5.41) is 9.62. The van der Waals surface area contributed by atoms with Crippen LogP contribution in [0.3, 0.4) is 0 Å². The summed E-state index contributed by atoms with van der Waals surface area (Å²) in [6.07, 6.45) is 9.46. The Morgan fingerprint density at radius 3 is 3.00 bits per heavy atom. The normalized spacial score (nSPS) is 20.6. The van der Waals surface area contributed by atoms with Gasteiger partial charge in [0.2, 0.25) is 0 Å². The second-order valence-corrected chi connectivity index (χ2v) is 7.57. The number of nitrogens with one attached hydrogen (secondary N) is 1. The number of benzene rings is 1. The summed E-state index contributed by atoms with van der Waals surface area (Å²) in [5.74, 6) is 1.81. The van der Waals surface area contributed by atoms with Gasteiger partial charge in [0.05, 0.1) is 6.04 Å². The minimum atomic E-state index is 0.0272. The fourth-order valence-corrected chi connectivity index (χ4v) is 4.04. The highest BCUT2D eigenvalue weighted by atomic mass is 16.2. The molecule has 1 saturated carbocycles. The molecule has 1 saturated heterocycles. The Hall–Kier alpha value is -2.63. The molecule has 6 heteroatoms. The quantitative estimate of drug-likeness (QED) is 0.783. The summed E-state index contributed by atoms with van der Waals surface area (Å²) in [7, 11) is 0. The second kappa shape index (κ2) is 6.27. The molecule has 2 aliphatic rings. The molecule has 0 radical (unpaired) electrons. The van der Waals surface area contributed by atoms with Crippen molar-refractivity contribution in [3.05, 3.63) is 48.2 Å². The average Bonchev–Trinajstić information content (AvgIpc) is 3.17. The molecule has 2 fully saturated rings. The zero-order chi connectivity index (χ0) is 17.5. The number of carbonyl (C=O) groups is 1. The number of rotatable bonds is 4. The van der Waals surface area contributed by atoms with E-state index in [9.17, 15) is 4.79 Å². The van der Waals surface area contributed by atoms with Gasteiger partial charge in [-0.15, -0.1) is 10.2 Å². The summed E-state index contributed by atoms with van der Waals surface area (Å²) < 4.78 is 2.17. The molecule has 5 rings (SSSR count). The number of hydrogen-bond donors (Lipinski definition) is 1. The lowest BCUT2D eigenvalue weighted by atomic mass is 9.99. The van der Waals surface area contributed by atoms with E-state index in [1.54, 1.807) is 0 Å². The number of nitrogens with zero attached hydrogens (tertiary/aromatic N) is 4. The smallest absolute Gasteiger partial charge is 0.254 e. The van der Waals surface area contributed by atoms with Crippen molar-refractivity contribution in [1.29, 1.82) is 0 Å². The number of aromatic amines is 1. The Bertz CT molecular complexity index is 938. The van der Waals surface area contributed by atoms with Crippen LogP contribution >= 0.6 is 0 Å². The van der Waals surface area contributed by atoms with Crippen molar-refractivity contribution >= 4 is 16.8 Å². The first-order valence-electron chi connectivity index (χ1n) is 9.55. The van der Waals surface area contributed by atoms with Crippen LogP contribution in [0.5, 0.6) is 0 Å². The first-order chi connectivity index (χ1) is 12.8. The lowest BCUT2D eigenvalue weighted by Crippen LogP contribution is -2.39. The van der Waals surface area contributed by atoms with Crippen LogP contribution in [0.4, 0.5) is 0 Å². The van der Waals surface area contributed by atoms with Gasteiger partial charge < -0.3 is 14.5 Å². The number of likely N-dealkylation sites (tertiary alicyclic amines) is 1. The average molecular weight is 349 g/mol. The van der Waals surface area contributed by atoms with E-state index in [-0.39, 0.29) is 11.9 Å². The molecule has 1 aliphatic heterocycles. The molecule has 2 aromatic heterocycles. The SMILES string of the molecule is O=C(c1ccc2[nH]ccc2c1)N1CCCC[C@H]1c1nncn1CC1CC1. The number of piperidine rings is 1. The highest BCUT2D eigenvalue weighted by molar-refractivity contribution is 5.98. The summed E-state index contributed by atoms with van der Waals surface area (Å²) in [6.45, 7) is 1.77. The highest BCUT2D eigenvalue weighted by Crippen LogP contribution is 2.35. The number of carbonyl (C=O) groups excluding carboxylic acids is 1. The minimum Gasteiger partial charge on any atom is -0.361 e. The van der Waals surface area contributed by atoms with E-state index < -0.39 is 0 Å². The van der Waals surface area contributed by atoms with Gasteiger partial charge in [0.15, 0.2) is 5.82 Å². The van der Waals surface area contributed by atoms with Gasteiger partial charge in [-0.05, 0) is 62.3 Å². The summed E-state index contributed by atoms with van der Waals surface area (Å²) in [5.41, 5.74) is 1.80. The third-order valence-corrected chi connectivity index (χ3v) is 5.66. The summed E-state index contributed by atoms with van der Waals surface area (Å²) in [4.78, 5) is 18.5. The summed E-state index contributed by atoms with van der Waals surface area (Å²) in [6, 6.07) is 7.92. The molecule has 3 heterocycles. The monoisotopic (exact) mass is 349 g/mol. The van der Waals surface area contributed by atoms with Crippen LogP contribution < -0.4 is 0 Å². The van der Waals surface area contributed by atoms with E-state index >= 15 is 0 Å². The van der Waals surface area contributed by atoms with Crippen LogP contribution in [-0.2, 0) is 6.54 Å². The Balaban J connectivity index is 1.45. The molecule has 1 aromatic carbocycles. The van der Waals surface area contributed by atoms with Crippen LogP contribution in [0.15, 0.2) is 36.8 Å². The number of amides is 1. The Kier molecular flexibility index (Phi) is 3.76. The van der Waals surface area contributed by atoms with Crippen molar-refractivity contribution in [2.24, 2.45) is 5.92 Å². The standard InChI is InChI=1S/C20H23N5O/c26-20(16-6-7-17-15(11-16)8-9-21-17)25-10-2-1-3-18(25)19-23-22-13-24(19)12-14-4-5-14/h6-9,11,13-14,18,21H,1-5,10,12H2/t18-/m0/s1. The van der Waals surface area contributed by atoms with Gasteiger partial charge >= 0.3 is 0 Å². The molecule has 1 N–H and O–H groups in total. The van der Waals surface area contributed by atoms with E-state index in [0.29, 0.717) is 0 Å². The Morgan fingerprint density at radius 1 is 1.19 bits per heavy atom. The zero-order valence-electron chi connectivity index (χ0n) is 14.8. The third-order valence-electron chi connectivity index (χ3n) is 5.66. The molecule has 0 unspecified atom stereocenters. The van der Waals surface area contributed by atoms with E-state index in [1.165, 1.54) is 12.8 Å². The second-order valence-electron chi connectivity index (χ2n) is 7.57. The maximum absolute atomic E-state index is 13.3. The molecule has 26 heavy (non-hydrogen) atoms. The third kappa shape index (κ3) is 2.79. The van der Waals surface area contributed by atoms with E-state index in [2.05, 4.69) is 19.7 Å². The molecular formula is C20H23N5O.